The lowest BCUT2D eigenvalue weighted by molar-refractivity contribution is -0.143. The highest BCUT2D eigenvalue weighted by Gasteiger charge is 2.21. The van der Waals surface area contributed by atoms with Crippen molar-refractivity contribution in [1.29, 1.82) is 5.26 Å². The third-order valence-electron chi connectivity index (χ3n) is 3.64. The number of ether oxygens (including phenoxy) is 1. The minimum absolute atomic E-state index is 0.0915. The molecular weight excluding hydrogens is 356 g/mol. The van der Waals surface area contributed by atoms with Crippen molar-refractivity contribution in [3.63, 3.8) is 0 Å². The first-order valence-electron chi connectivity index (χ1n) is 7.96. The summed E-state index contributed by atoms with van der Waals surface area (Å²) in [6.07, 6.45) is -0.319. The minimum Gasteiger partial charge on any atom is -0.504 e. The number of aromatic nitrogens is 1. The smallest absolute Gasteiger partial charge is 0.306 e. The number of carbonyl (C=O) groups excluding carboxylic acids is 2. The second-order valence-corrected chi connectivity index (χ2v) is 5.98. The Morgan fingerprint density at radius 3 is 2.65 bits per heavy atom. The molecule has 7 heteroatoms. The lowest BCUT2D eigenvalue weighted by Crippen LogP contribution is -2.10. The Morgan fingerprint density at radius 1 is 1.31 bits per heavy atom. The number of aryl methyl sites for hydroxylation is 1. The van der Waals surface area contributed by atoms with Gasteiger partial charge in [-0.05, 0) is 31.5 Å². The maximum atomic E-state index is 12.4. The minimum atomic E-state index is -0.558. The van der Waals surface area contributed by atoms with Crippen LogP contribution in [-0.4, -0.2) is 28.4 Å². The quantitative estimate of drug-likeness (QED) is 0.611. The van der Waals surface area contributed by atoms with Gasteiger partial charge in [-0.1, -0.05) is 23.7 Å². The first kappa shape index (κ1) is 19.4. The van der Waals surface area contributed by atoms with Crippen LogP contribution in [0.3, 0.4) is 0 Å². The van der Waals surface area contributed by atoms with E-state index in [2.05, 4.69) is 4.98 Å². The number of hydrogen-bond acceptors (Lipinski definition) is 6. The van der Waals surface area contributed by atoms with E-state index >= 15 is 0 Å². The first-order valence-corrected chi connectivity index (χ1v) is 8.34. The standard InChI is InChI=1S/C19H17ClN2O4/c1-3-26-17(24)7-6-16(23)18-19(25)12(10-21)9-15(22-18)13-5-4-11(2)8-14(13)20/h4-5,8-9,25H,3,6-7H2,1-2H3. The van der Waals surface area contributed by atoms with Gasteiger partial charge in [-0.15, -0.1) is 0 Å². The Labute approximate surface area is 156 Å². The fourth-order valence-corrected chi connectivity index (χ4v) is 2.68. The molecule has 0 amide bonds. The third-order valence-corrected chi connectivity index (χ3v) is 3.95. The number of Topliss-reactive ketones (excluding diaryl/α,β-unsaturated/α-hetero) is 1. The molecule has 2 rings (SSSR count). The second-order valence-electron chi connectivity index (χ2n) is 5.58. The molecule has 1 aromatic heterocycles. The summed E-state index contributed by atoms with van der Waals surface area (Å²) in [6.45, 7) is 3.77. The predicted octanol–water partition coefficient (Wildman–Crippen LogP) is 3.81. The normalized spacial score (nSPS) is 10.2. The van der Waals surface area contributed by atoms with E-state index in [0.717, 1.165) is 5.56 Å². The number of halogens is 1. The highest BCUT2D eigenvalue weighted by Crippen LogP contribution is 2.32. The molecule has 26 heavy (non-hydrogen) atoms. The summed E-state index contributed by atoms with van der Waals surface area (Å²) < 4.78 is 4.78. The van der Waals surface area contributed by atoms with Crippen molar-refractivity contribution in [2.45, 2.75) is 26.7 Å². The molecule has 2 aromatic rings. The monoisotopic (exact) mass is 372 g/mol. The molecule has 0 saturated carbocycles. The Hall–Kier alpha value is -2.91. The Kier molecular flexibility index (Phi) is 6.31. The molecule has 0 fully saturated rings. The molecule has 134 valence electrons. The summed E-state index contributed by atoms with van der Waals surface area (Å²) in [5.74, 6) is -1.58. The van der Waals surface area contributed by atoms with Gasteiger partial charge in [0, 0.05) is 12.0 Å². The molecule has 0 unspecified atom stereocenters. The lowest BCUT2D eigenvalue weighted by Gasteiger charge is -2.10. The van der Waals surface area contributed by atoms with Crippen LogP contribution in [0.4, 0.5) is 0 Å². The van der Waals surface area contributed by atoms with E-state index in [4.69, 9.17) is 16.3 Å². The average Bonchev–Trinajstić information content (AvgIpc) is 2.60. The summed E-state index contributed by atoms with van der Waals surface area (Å²) in [7, 11) is 0. The Morgan fingerprint density at radius 2 is 2.04 bits per heavy atom. The van der Waals surface area contributed by atoms with Gasteiger partial charge in [-0.3, -0.25) is 9.59 Å². The summed E-state index contributed by atoms with van der Waals surface area (Å²) in [5, 5.41) is 19.8. The van der Waals surface area contributed by atoms with Crippen LogP contribution in [0.15, 0.2) is 24.3 Å². The Balaban J connectivity index is 2.42. The van der Waals surface area contributed by atoms with Crippen molar-refractivity contribution in [3.8, 4) is 23.1 Å². The zero-order valence-corrected chi connectivity index (χ0v) is 15.1. The maximum Gasteiger partial charge on any atom is 0.306 e. The first-order chi connectivity index (χ1) is 12.4. The van der Waals surface area contributed by atoms with Crippen LogP contribution in [0.1, 0.15) is 41.4 Å². The molecule has 1 heterocycles. The number of hydrogen-bond donors (Lipinski definition) is 1. The largest absolute Gasteiger partial charge is 0.504 e. The van der Waals surface area contributed by atoms with Crippen LogP contribution < -0.4 is 0 Å². The molecule has 0 atom stereocenters. The second kappa shape index (κ2) is 8.45. The lowest BCUT2D eigenvalue weighted by atomic mass is 10.0. The number of aromatic hydroxyl groups is 1. The van der Waals surface area contributed by atoms with Crippen molar-refractivity contribution < 1.29 is 19.4 Å². The van der Waals surface area contributed by atoms with Crippen LogP contribution in [0.25, 0.3) is 11.3 Å². The molecule has 0 aliphatic carbocycles. The van der Waals surface area contributed by atoms with Gasteiger partial charge in [0.2, 0.25) is 0 Å². The fraction of sp³-hybridized carbons (Fsp3) is 0.263. The van der Waals surface area contributed by atoms with Gasteiger partial charge in [0.25, 0.3) is 0 Å². The van der Waals surface area contributed by atoms with Gasteiger partial charge in [0.05, 0.1) is 29.3 Å². The van der Waals surface area contributed by atoms with Crippen molar-refractivity contribution in [3.05, 3.63) is 46.1 Å². The van der Waals surface area contributed by atoms with Gasteiger partial charge in [-0.2, -0.15) is 5.26 Å². The number of esters is 1. The van der Waals surface area contributed by atoms with Crippen LogP contribution >= 0.6 is 11.6 Å². The highest BCUT2D eigenvalue weighted by atomic mass is 35.5. The molecule has 0 bridgehead atoms. The van der Waals surface area contributed by atoms with E-state index in [9.17, 15) is 20.0 Å². The molecule has 0 saturated heterocycles. The van der Waals surface area contributed by atoms with Gasteiger partial charge in [0.1, 0.15) is 11.8 Å². The summed E-state index contributed by atoms with van der Waals surface area (Å²) >= 11 is 6.24. The van der Waals surface area contributed by atoms with Gasteiger partial charge >= 0.3 is 5.97 Å². The van der Waals surface area contributed by atoms with Crippen LogP contribution in [0.2, 0.25) is 5.02 Å². The van der Waals surface area contributed by atoms with E-state index in [0.29, 0.717) is 16.3 Å². The number of ketones is 1. The van der Waals surface area contributed by atoms with Crippen molar-refractivity contribution in [2.24, 2.45) is 0 Å². The number of benzene rings is 1. The topological polar surface area (TPSA) is 100 Å². The van der Waals surface area contributed by atoms with Crippen LogP contribution in [0, 0.1) is 18.3 Å². The number of rotatable bonds is 6. The van der Waals surface area contributed by atoms with E-state index < -0.39 is 17.5 Å². The number of carbonyl (C=O) groups is 2. The number of nitriles is 1. The van der Waals surface area contributed by atoms with E-state index in [-0.39, 0.29) is 30.7 Å². The zero-order chi connectivity index (χ0) is 19.3. The highest BCUT2D eigenvalue weighted by molar-refractivity contribution is 6.33. The predicted molar refractivity (Wildman–Crippen MR) is 96.0 cm³/mol. The zero-order valence-electron chi connectivity index (χ0n) is 14.4. The maximum absolute atomic E-state index is 12.4. The van der Waals surface area contributed by atoms with Crippen molar-refractivity contribution in [1.82, 2.24) is 4.98 Å². The molecule has 0 aliphatic heterocycles. The Bertz CT molecular complexity index is 903. The summed E-state index contributed by atoms with van der Waals surface area (Å²) in [5.41, 5.74) is 1.42. The van der Waals surface area contributed by atoms with Gasteiger partial charge in [-0.25, -0.2) is 4.98 Å². The molecule has 6 nitrogen and oxygen atoms in total. The van der Waals surface area contributed by atoms with E-state index in [1.54, 1.807) is 19.1 Å². The molecule has 0 radical (unpaired) electrons. The van der Waals surface area contributed by atoms with E-state index in [1.807, 2.05) is 19.1 Å². The average molecular weight is 373 g/mol. The van der Waals surface area contributed by atoms with Crippen molar-refractivity contribution >= 4 is 23.4 Å². The number of pyridine rings is 1. The van der Waals surface area contributed by atoms with E-state index in [1.165, 1.54) is 6.07 Å². The molecule has 1 N–H and O–H groups in total. The van der Waals surface area contributed by atoms with Crippen LogP contribution in [-0.2, 0) is 9.53 Å². The third kappa shape index (κ3) is 4.38. The summed E-state index contributed by atoms with van der Waals surface area (Å²) in [4.78, 5) is 28.0. The van der Waals surface area contributed by atoms with Gasteiger partial charge in [0.15, 0.2) is 11.5 Å². The SMILES string of the molecule is CCOC(=O)CCC(=O)c1nc(-c2ccc(C)cc2Cl)cc(C#N)c1O. The fourth-order valence-electron chi connectivity index (χ4n) is 2.35. The summed E-state index contributed by atoms with van der Waals surface area (Å²) in [6, 6.07) is 8.50. The van der Waals surface area contributed by atoms with Crippen molar-refractivity contribution in [2.75, 3.05) is 6.61 Å². The van der Waals surface area contributed by atoms with Crippen LogP contribution in [0.5, 0.6) is 5.75 Å². The van der Waals surface area contributed by atoms with Gasteiger partial charge < -0.3 is 9.84 Å². The molecule has 0 aliphatic rings. The molecule has 0 spiro atoms. The molecule has 1 aromatic carbocycles. The molecular formula is C19H17ClN2O4. The number of nitrogens with zero attached hydrogens (tertiary/aromatic N) is 2.